The molecule has 4 heteroatoms. The summed E-state index contributed by atoms with van der Waals surface area (Å²) in [6.07, 6.45) is 0. The number of benzene rings is 2. The average molecular weight is 257 g/mol. The Bertz CT molecular complexity index is 639. The number of carbonyl (C=O) groups is 1. The Labute approximate surface area is 106 Å². The summed E-state index contributed by atoms with van der Waals surface area (Å²) in [5, 5.41) is 8.89. The van der Waals surface area contributed by atoms with Crippen LogP contribution < -0.4 is 0 Å². The lowest BCUT2D eigenvalue weighted by atomic mass is 10.3. The summed E-state index contributed by atoms with van der Waals surface area (Å²) in [7, 11) is -2.19. The summed E-state index contributed by atoms with van der Waals surface area (Å²) in [5.41, 5.74) is 2.37. The molecule has 1 aliphatic heterocycles. The summed E-state index contributed by atoms with van der Waals surface area (Å²) in [4.78, 5) is 17.7. The van der Waals surface area contributed by atoms with Crippen LogP contribution in [0.1, 0.15) is 0 Å². The molecule has 3 rings (SSSR count). The van der Waals surface area contributed by atoms with E-state index in [1.807, 2.05) is 54.6 Å². The Hall–Kier alpha value is -2.07. The third kappa shape index (κ3) is 1.39. The van der Waals surface area contributed by atoms with Crippen molar-refractivity contribution in [3.63, 3.8) is 0 Å². The van der Waals surface area contributed by atoms with Crippen LogP contribution in [0.2, 0.25) is 0 Å². The second-order valence-corrected chi connectivity index (χ2v) is 6.73. The minimum Gasteiger partial charge on any atom is -0.473 e. The number of nitrogens with zero attached hydrogens (tertiary/aromatic N) is 1. The van der Waals surface area contributed by atoms with Crippen molar-refractivity contribution in [1.82, 2.24) is 0 Å². The molecular weight excluding hydrogens is 246 g/mol. The van der Waals surface area contributed by atoms with Gasteiger partial charge in [-0.1, -0.05) is 30.3 Å². The van der Waals surface area contributed by atoms with Crippen LogP contribution in [0.25, 0.3) is 0 Å². The lowest BCUT2D eigenvalue weighted by Gasteiger charge is -2.28. The molecule has 0 aromatic heterocycles. The zero-order chi connectivity index (χ0) is 12.6. The van der Waals surface area contributed by atoms with Crippen LogP contribution in [-0.2, 0) is 0 Å². The molecule has 2 aromatic rings. The van der Waals surface area contributed by atoms with Gasteiger partial charge < -0.3 is 5.11 Å². The van der Waals surface area contributed by atoms with Crippen LogP contribution in [0, 0.1) is 0 Å². The van der Waals surface area contributed by atoms with Gasteiger partial charge in [-0.15, -0.1) is 0 Å². The molecule has 0 aliphatic carbocycles. The molecule has 0 radical (unpaired) electrons. The maximum absolute atomic E-state index is 11.8. The topological polar surface area (TPSA) is 49.7 Å². The smallest absolute Gasteiger partial charge is 0.360 e. The third-order valence-electron chi connectivity index (χ3n) is 2.95. The van der Waals surface area contributed by atoms with Crippen LogP contribution in [0.3, 0.4) is 0 Å². The predicted molar refractivity (Wildman–Crippen MR) is 73.2 cm³/mol. The SMILES string of the molecule is O=C(O)S1(c2ccccc2)C=Nc2ccccc21. The summed E-state index contributed by atoms with van der Waals surface area (Å²) in [5.74, 6) is 0. The molecule has 90 valence electrons. The van der Waals surface area contributed by atoms with Gasteiger partial charge in [-0.05, 0) is 34.3 Å². The second kappa shape index (κ2) is 3.99. The van der Waals surface area contributed by atoms with Crippen LogP contribution in [-0.4, -0.2) is 16.0 Å². The maximum Gasteiger partial charge on any atom is 0.360 e. The van der Waals surface area contributed by atoms with Gasteiger partial charge in [0.05, 0.1) is 11.2 Å². The lowest BCUT2D eigenvalue weighted by Crippen LogP contribution is -2.10. The molecule has 0 saturated heterocycles. The molecule has 18 heavy (non-hydrogen) atoms. The van der Waals surface area contributed by atoms with Gasteiger partial charge in [-0.2, -0.15) is 0 Å². The zero-order valence-corrected chi connectivity index (χ0v) is 10.3. The molecule has 3 nitrogen and oxygen atoms in total. The maximum atomic E-state index is 11.8. The minimum absolute atomic E-state index is 0.763. The fraction of sp³-hybridized carbons (Fsp3) is 0. The number of carboxylic acid groups (broad SMARTS) is 1. The van der Waals surface area contributed by atoms with E-state index < -0.39 is 15.3 Å². The van der Waals surface area contributed by atoms with Gasteiger partial charge in [0, 0.05) is 9.79 Å². The lowest BCUT2D eigenvalue weighted by molar-refractivity contribution is 0.221. The molecular formula is C14H11NO2S. The van der Waals surface area contributed by atoms with Crippen molar-refractivity contribution in [1.29, 1.82) is 0 Å². The van der Waals surface area contributed by atoms with E-state index in [9.17, 15) is 9.90 Å². The first kappa shape index (κ1) is 11.0. The quantitative estimate of drug-likeness (QED) is 0.829. The Kier molecular flexibility index (Phi) is 2.45. The summed E-state index contributed by atoms with van der Waals surface area (Å²) in [6.45, 7) is 0. The van der Waals surface area contributed by atoms with Crippen molar-refractivity contribution < 1.29 is 9.90 Å². The van der Waals surface area contributed by atoms with Gasteiger partial charge in [0.2, 0.25) is 0 Å². The average Bonchev–Trinajstić information content (AvgIpc) is 2.80. The number of aliphatic imine (C=N–C) groups is 1. The largest absolute Gasteiger partial charge is 0.473 e. The fourth-order valence-electron chi connectivity index (χ4n) is 2.09. The fourth-order valence-corrected chi connectivity index (χ4v) is 4.66. The van der Waals surface area contributed by atoms with Gasteiger partial charge >= 0.3 is 5.30 Å². The van der Waals surface area contributed by atoms with Gasteiger partial charge in [0.15, 0.2) is 0 Å². The first-order valence-corrected chi connectivity index (χ1v) is 7.19. The number of rotatable bonds is 1. The number of para-hydroxylation sites is 1. The van der Waals surface area contributed by atoms with E-state index >= 15 is 0 Å². The monoisotopic (exact) mass is 257 g/mol. The molecule has 2 aromatic carbocycles. The van der Waals surface area contributed by atoms with Gasteiger partial charge in [-0.3, -0.25) is 0 Å². The van der Waals surface area contributed by atoms with Gasteiger partial charge in [0.25, 0.3) is 0 Å². The molecule has 1 heterocycles. The van der Waals surface area contributed by atoms with E-state index in [0.29, 0.717) is 0 Å². The molecule has 1 aliphatic rings. The molecule has 0 fully saturated rings. The Morgan fingerprint density at radius 3 is 2.39 bits per heavy atom. The van der Waals surface area contributed by atoms with Crippen molar-refractivity contribution in [3.05, 3.63) is 54.6 Å². The molecule has 1 atom stereocenters. The first-order valence-electron chi connectivity index (χ1n) is 5.50. The van der Waals surface area contributed by atoms with E-state index in [2.05, 4.69) is 4.99 Å². The van der Waals surface area contributed by atoms with Crippen LogP contribution in [0.15, 0.2) is 69.4 Å². The Balaban J connectivity index is 2.29. The highest BCUT2D eigenvalue weighted by atomic mass is 32.3. The second-order valence-electron chi connectivity index (χ2n) is 3.94. The molecule has 1 unspecified atom stereocenters. The zero-order valence-electron chi connectivity index (χ0n) is 9.48. The predicted octanol–water partition coefficient (Wildman–Crippen LogP) is 4.26. The third-order valence-corrected chi connectivity index (χ3v) is 5.98. The van der Waals surface area contributed by atoms with Crippen LogP contribution >= 0.6 is 10.0 Å². The standard InChI is InChI=1S/C14H11NO2S/c16-14(17)18(11-6-2-1-3-7-11)10-15-12-8-4-5-9-13(12)18/h1-10H,(H,16,17). The highest BCUT2D eigenvalue weighted by Gasteiger charge is 2.39. The van der Waals surface area contributed by atoms with Crippen LogP contribution in [0.5, 0.6) is 0 Å². The number of fused-ring (bicyclic) bond motifs is 1. The van der Waals surface area contributed by atoms with Gasteiger partial charge in [0.1, 0.15) is 0 Å². The van der Waals surface area contributed by atoms with Crippen molar-refractivity contribution in [2.45, 2.75) is 9.79 Å². The van der Waals surface area contributed by atoms with Crippen molar-refractivity contribution >= 4 is 26.6 Å². The van der Waals surface area contributed by atoms with Crippen molar-refractivity contribution in [2.24, 2.45) is 4.99 Å². The summed E-state index contributed by atoms with van der Waals surface area (Å²) >= 11 is 0. The highest BCUT2D eigenvalue weighted by Crippen LogP contribution is 2.66. The highest BCUT2D eigenvalue weighted by molar-refractivity contribution is 8.54. The number of hydrogen-bond donors (Lipinski definition) is 1. The molecule has 0 saturated carbocycles. The van der Waals surface area contributed by atoms with Crippen LogP contribution in [0.4, 0.5) is 10.5 Å². The Morgan fingerprint density at radius 2 is 1.67 bits per heavy atom. The van der Waals surface area contributed by atoms with Crippen molar-refractivity contribution in [2.75, 3.05) is 0 Å². The first-order chi connectivity index (χ1) is 8.75. The van der Waals surface area contributed by atoms with Crippen molar-refractivity contribution in [3.8, 4) is 0 Å². The van der Waals surface area contributed by atoms with Gasteiger partial charge in [-0.25, -0.2) is 9.79 Å². The summed E-state index contributed by atoms with van der Waals surface area (Å²) in [6, 6.07) is 16.8. The van der Waals surface area contributed by atoms with E-state index in [1.54, 1.807) is 5.55 Å². The molecule has 1 N–H and O–H groups in total. The van der Waals surface area contributed by atoms with E-state index in [-0.39, 0.29) is 0 Å². The van der Waals surface area contributed by atoms with E-state index in [0.717, 1.165) is 15.5 Å². The Morgan fingerprint density at radius 1 is 1.00 bits per heavy atom. The minimum atomic E-state index is -2.19. The number of hydrogen-bond acceptors (Lipinski definition) is 2. The normalized spacial score (nSPS) is 24.2. The molecule has 0 bridgehead atoms. The summed E-state index contributed by atoms with van der Waals surface area (Å²) < 4.78 is 0. The molecule has 0 spiro atoms. The van der Waals surface area contributed by atoms with E-state index in [4.69, 9.17) is 0 Å². The molecule has 0 amide bonds. The van der Waals surface area contributed by atoms with E-state index in [1.165, 1.54) is 0 Å².